The van der Waals surface area contributed by atoms with Crippen molar-refractivity contribution < 1.29 is 15.0 Å². The summed E-state index contributed by atoms with van der Waals surface area (Å²) < 4.78 is 0. The van der Waals surface area contributed by atoms with Crippen LogP contribution in [0.15, 0.2) is 18.2 Å². The monoisotopic (exact) mass is 210 g/mol. The molecular formula is C10H14N2O3. The second kappa shape index (κ2) is 3.96. The van der Waals surface area contributed by atoms with E-state index in [0.29, 0.717) is 5.69 Å². The molecule has 82 valence electrons. The van der Waals surface area contributed by atoms with Crippen LogP contribution in [0.1, 0.15) is 36.1 Å². The van der Waals surface area contributed by atoms with Gasteiger partial charge in [-0.2, -0.15) is 0 Å². The normalized spacial score (nSPS) is 13.6. The topological polar surface area (TPSA) is 96.4 Å². The van der Waals surface area contributed by atoms with E-state index < -0.39 is 17.6 Å². The van der Waals surface area contributed by atoms with Crippen molar-refractivity contribution in [3.8, 4) is 0 Å². The predicted molar refractivity (Wildman–Crippen MR) is 54.4 cm³/mol. The lowest BCUT2D eigenvalue weighted by Crippen LogP contribution is -2.35. The summed E-state index contributed by atoms with van der Waals surface area (Å²) in [5, 5.41) is 18.4. The Hall–Kier alpha value is -1.46. The first-order chi connectivity index (χ1) is 6.82. The van der Waals surface area contributed by atoms with E-state index in [1.165, 1.54) is 6.07 Å². The Bertz CT molecular complexity index is 371. The van der Waals surface area contributed by atoms with Crippen molar-refractivity contribution in [1.29, 1.82) is 0 Å². The third-order valence-corrected chi connectivity index (χ3v) is 2.07. The highest BCUT2D eigenvalue weighted by Gasteiger charge is 2.26. The minimum absolute atomic E-state index is 0.0767. The smallest absolute Gasteiger partial charge is 0.354 e. The highest BCUT2D eigenvalue weighted by molar-refractivity contribution is 5.85. The molecule has 0 saturated carbocycles. The predicted octanol–water partition coefficient (Wildman–Crippen LogP) is 0.550. The summed E-state index contributed by atoms with van der Waals surface area (Å²) in [5.74, 6) is -1.11. The van der Waals surface area contributed by atoms with E-state index in [9.17, 15) is 9.90 Å². The Morgan fingerprint density at radius 3 is 2.60 bits per heavy atom. The Balaban J connectivity index is 3.06. The van der Waals surface area contributed by atoms with Gasteiger partial charge < -0.3 is 15.9 Å². The molecule has 0 saturated heterocycles. The molecule has 1 aromatic heterocycles. The first kappa shape index (κ1) is 11.6. The Labute approximate surface area is 87.6 Å². The zero-order chi connectivity index (χ0) is 11.6. The van der Waals surface area contributed by atoms with Crippen molar-refractivity contribution in [1.82, 2.24) is 4.98 Å². The highest BCUT2D eigenvalue weighted by atomic mass is 16.4. The number of aliphatic hydroxyl groups is 1. The molecule has 5 nitrogen and oxygen atoms in total. The minimum atomic E-state index is -1.13. The highest BCUT2D eigenvalue weighted by Crippen LogP contribution is 2.21. The molecular weight excluding hydrogens is 196 g/mol. The van der Waals surface area contributed by atoms with Crippen molar-refractivity contribution in [3.63, 3.8) is 0 Å². The Morgan fingerprint density at radius 2 is 2.13 bits per heavy atom. The lowest BCUT2D eigenvalue weighted by atomic mass is 9.96. The van der Waals surface area contributed by atoms with Crippen LogP contribution < -0.4 is 5.73 Å². The molecule has 15 heavy (non-hydrogen) atoms. The molecule has 0 aliphatic carbocycles. The molecule has 0 radical (unpaired) electrons. The summed E-state index contributed by atoms with van der Waals surface area (Å²) in [5.41, 5.74) is 4.89. The van der Waals surface area contributed by atoms with Crippen LogP contribution in [0, 0.1) is 0 Å². The Kier molecular flexibility index (Phi) is 3.06. The summed E-state index contributed by atoms with van der Waals surface area (Å²) in [7, 11) is 0. The van der Waals surface area contributed by atoms with Crippen LogP contribution in [0.2, 0.25) is 0 Å². The van der Waals surface area contributed by atoms with E-state index in [2.05, 4.69) is 4.98 Å². The first-order valence-electron chi connectivity index (χ1n) is 4.50. The van der Waals surface area contributed by atoms with Gasteiger partial charge in [0.1, 0.15) is 5.69 Å². The molecule has 1 heterocycles. The van der Waals surface area contributed by atoms with E-state index in [1.807, 2.05) is 0 Å². The average molecular weight is 210 g/mol. The summed E-state index contributed by atoms with van der Waals surface area (Å²) in [6.45, 7) is 3.10. The van der Waals surface area contributed by atoms with Gasteiger partial charge in [-0.15, -0.1) is 0 Å². The van der Waals surface area contributed by atoms with Gasteiger partial charge in [0.2, 0.25) is 0 Å². The van der Waals surface area contributed by atoms with Crippen LogP contribution in [0.5, 0.6) is 0 Å². The Morgan fingerprint density at radius 1 is 1.53 bits per heavy atom. The molecule has 0 bridgehead atoms. The lowest BCUT2D eigenvalue weighted by Gasteiger charge is -2.25. The van der Waals surface area contributed by atoms with Crippen molar-refractivity contribution in [3.05, 3.63) is 29.6 Å². The standard InChI is InChI=1S/C10H14N2O3/c1-10(2,15)8(11)6-4-3-5-7(12-6)9(13)14/h3-5,8,15H,11H2,1-2H3,(H,13,14). The molecule has 0 amide bonds. The van der Waals surface area contributed by atoms with Crippen LogP contribution >= 0.6 is 0 Å². The summed E-state index contributed by atoms with van der Waals surface area (Å²) in [6.07, 6.45) is 0. The third-order valence-electron chi connectivity index (χ3n) is 2.07. The maximum Gasteiger partial charge on any atom is 0.354 e. The number of pyridine rings is 1. The van der Waals surface area contributed by atoms with E-state index in [0.717, 1.165) is 0 Å². The van der Waals surface area contributed by atoms with Crippen molar-refractivity contribution in [2.75, 3.05) is 0 Å². The van der Waals surface area contributed by atoms with E-state index >= 15 is 0 Å². The molecule has 1 unspecified atom stereocenters. The SMILES string of the molecule is CC(C)(O)C(N)c1cccc(C(=O)O)n1. The number of carboxylic acid groups (broad SMARTS) is 1. The van der Waals surface area contributed by atoms with Gasteiger partial charge in [-0.05, 0) is 26.0 Å². The van der Waals surface area contributed by atoms with Gasteiger partial charge in [-0.3, -0.25) is 0 Å². The van der Waals surface area contributed by atoms with Gasteiger partial charge in [0.25, 0.3) is 0 Å². The largest absolute Gasteiger partial charge is 0.477 e. The number of nitrogens with zero attached hydrogens (tertiary/aromatic N) is 1. The quantitative estimate of drug-likeness (QED) is 0.677. The minimum Gasteiger partial charge on any atom is -0.477 e. The number of nitrogens with two attached hydrogens (primary N) is 1. The number of carboxylic acids is 1. The number of carbonyl (C=O) groups is 1. The summed E-state index contributed by atoms with van der Waals surface area (Å²) in [6, 6.07) is 3.81. The number of aromatic nitrogens is 1. The second-order valence-corrected chi connectivity index (χ2v) is 3.88. The zero-order valence-corrected chi connectivity index (χ0v) is 8.64. The molecule has 0 aliphatic rings. The van der Waals surface area contributed by atoms with Crippen molar-refractivity contribution >= 4 is 5.97 Å². The molecule has 1 atom stereocenters. The van der Waals surface area contributed by atoms with Gasteiger partial charge in [0, 0.05) is 0 Å². The van der Waals surface area contributed by atoms with Crippen LogP contribution in [-0.2, 0) is 0 Å². The van der Waals surface area contributed by atoms with E-state index in [1.54, 1.807) is 26.0 Å². The lowest BCUT2D eigenvalue weighted by molar-refractivity contribution is 0.0498. The van der Waals surface area contributed by atoms with Gasteiger partial charge in [-0.1, -0.05) is 6.07 Å². The molecule has 1 rings (SSSR count). The molecule has 0 fully saturated rings. The van der Waals surface area contributed by atoms with Crippen molar-refractivity contribution in [2.45, 2.75) is 25.5 Å². The van der Waals surface area contributed by atoms with Crippen molar-refractivity contribution in [2.24, 2.45) is 5.73 Å². The molecule has 1 aromatic rings. The van der Waals surface area contributed by atoms with E-state index in [-0.39, 0.29) is 5.69 Å². The maximum atomic E-state index is 10.7. The fourth-order valence-corrected chi connectivity index (χ4v) is 1.11. The van der Waals surface area contributed by atoms with Gasteiger partial charge in [-0.25, -0.2) is 9.78 Å². The fraction of sp³-hybridized carbons (Fsp3) is 0.400. The number of aromatic carboxylic acids is 1. The van der Waals surface area contributed by atoms with Gasteiger partial charge >= 0.3 is 5.97 Å². The zero-order valence-electron chi connectivity index (χ0n) is 8.64. The molecule has 0 spiro atoms. The fourth-order valence-electron chi connectivity index (χ4n) is 1.11. The molecule has 0 aromatic carbocycles. The summed E-state index contributed by atoms with van der Waals surface area (Å²) in [4.78, 5) is 14.5. The molecule has 4 N–H and O–H groups in total. The van der Waals surface area contributed by atoms with Crippen LogP contribution in [0.3, 0.4) is 0 Å². The number of hydrogen-bond donors (Lipinski definition) is 3. The van der Waals surface area contributed by atoms with Crippen LogP contribution in [-0.4, -0.2) is 26.8 Å². The van der Waals surface area contributed by atoms with Crippen LogP contribution in [0.25, 0.3) is 0 Å². The first-order valence-corrected chi connectivity index (χ1v) is 4.50. The second-order valence-electron chi connectivity index (χ2n) is 3.88. The van der Waals surface area contributed by atoms with E-state index in [4.69, 9.17) is 10.8 Å². The molecule has 5 heteroatoms. The van der Waals surface area contributed by atoms with Gasteiger partial charge in [0.05, 0.1) is 17.3 Å². The van der Waals surface area contributed by atoms with Crippen LogP contribution in [0.4, 0.5) is 0 Å². The third kappa shape index (κ3) is 2.74. The summed E-state index contributed by atoms with van der Waals surface area (Å²) >= 11 is 0. The maximum absolute atomic E-state index is 10.7. The number of rotatable bonds is 3. The molecule has 0 aliphatic heterocycles. The van der Waals surface area contributed by atoms with Gasteiger partial charge in [0.15, 0.2) is 0 Å². The number of hydrogen-bond acceptors (Lipinski definition) is 4. The average Bonchev–Trinajstić information content (AvgIpc) is 2.15.